The number of amides is 1. The number of rotatable bonds is 7. The number of carbonyl (C=O) groups excluding carboxylic acids is 2. The van der Waals surface area contributed by atoms with E-state index in [0.29, 0.717) is 5.75 Å². The number of esters is 1. The van der Waals surface area contributed by atoms with Gasteiger partial charge in [-0.1, -0.05) is 36.4 Å². The van der Waals surface area contributed by atoms with Gasteiger partial charge in [0.15, 0.2) is 6.61 Å². The average Bonchev–Trinajstić information content (AvgIpc) is 2.64. The Kier molecular flexibility index (Phi) is 6.71. The van der Waals surface area contributed by atoms with E-state index in [0.717, 1.165) is 11.6 Å². The molecule has 25 heavy (non-hydrogen) atoms. The summed E-state index contributed by atoms with van der Waals surface area (Å²) in [7, 11) is 1.55. The molecule has 0 aliphatic heterocycles. The van der Waals surface area contributed by atoms with E-state index >= 15 is 0 Å². The Morgan fingerprint density at radius 2 is 1.84 bits per heavy atom. The minimum Gasteiger partial charge on any atom is -0.496 e. The Labute approximate surface area is 145 Å². The van der Waals surface area contributed by atoms with Gasteiger partial charge in [0.25, 0.3) is 5.91 Å². The summed E-state index contributed by atoms with van der Waals surface area (Å²) in [6, 6.07) is 13.3. The third-order valence-corrected chi connectivity index (χ3v) is 3.32. The lowest BCUT2D eigenvalue weighted by molar-refractivity contribution is -0.143. The fourth-order valence-electron chi connectivity index (χ4n) is 2.05. The van der Waals surface area contributed by atoms with Crippen LogP contribution in [0.3, 0.4) is 0 Å². The first-order valence-electron chi connectivity index (χ1n) is 7.58. The number of para-hydroxylation sites is 1. The fourth-order valence-corrected chi connectivity index (χ4v) is 2.05. The van der Waals surface area contributed by atoms with Crippen LogP contribution in [0, 0.1) is 5.82 Å². The Morgan fingerprint density at radius 3 is 2.60 bits per heavy atom. The Bertz CT molecular complexity index is 774. The van der Waals surface area contributed by atoms with Crippen molar-refractivity contribution in [2.24, 2.45) is 0 Å². The van der Waals surface area contributed by atoms with Gasteiger partial charge in [-0.15, -0.1) is 0 Å². The second-order valence-corrected chi connectivity index (χ2v) is 5.05. The van der Waals surface area contributed by atoms with Crippen LogP contribution in [0.1, 0.15) is 11.1 Å². The molecule has 2 rings (SSSR count). The molecular weight excluding hydrogens is 325 g/mol. The Morgan fingerprint density at radius 1 is 1.12 bits per heavy atom. The van der Waals surface area contributed by atoms with Crippen molar-refractivity contribution < 1.29 is 23.5 Å². The quantitative estimate of drug-likeness (QED) is 0.620. The highest BCUT2D eigenvalue weighted by Crippen LogP contribution is 2.16. The summed E-state index contributed by atoms with van der Waals surface area (Å²) in [4.78, 5) is 23.3. The van der Waals surface area contributed by atoms with Crippen molar-refractivity contribution in [1.29, 1.82) is 0 Å². The molecule has 0 unspecified atom stereocenters. The normalized spacial score (nSPS) is 10.5. The first-order chi connectivity index (χ1) is 12.1. The second-order valence-electron chi connectivity index (χ2n) is 5.05. The van der Waals surface area contributed by atoms with Gasteiger partial charge in [0.2, 0.25) is 0 Å². The summed E-state index contributed by atoms with van der Waals surface area (Å²) < 4.78 is 23.4. The molecule has 2 aromatic carbocycles. The summed E-state index contributed by atoms with van der Waals surface area (Å²) in [5.41, 5.74) is 1.07. The highest BCUT2D eigenvalue weighted by molar-refractivity contribution is 5.89. The van der Waals surface area contributed by atoms with Crippen LogP contribution < -0.4 is 10.1 Å². The first-order valence-corrected chi connectivity index (χ1v) is 7.58. The van der Waals surface area contributed by atoms with Crippen LogP contribution in [0.2, 0.25) is 0 Å². The van der Waals surface area contributed by atoms with Gasteiger partial charge in [0, 0.05) is 23.7 Å². The van der Waals surface area contributed by atoms with Gasteiger partial charge in [-0.3, -0.25) is 4.79 Å². The fraction of sp³-hybridized carbons (Fsp3) is 0.158. The summed E-state index contributed by atoms with van der Waals surface area (Å²) in [6.07, 6.45) is 2.37. The molecule has 0 saturated carbocycles. The van der Waals surface area contributed by atoms with Crippen molar-refractivity contribution in [3.8, 4) is 5.75 Å². The molecule has 0 aliphatic rings. The number of nitrogens with one attached hydrogen (secondary N) is 1. The van der Waals surface area contributed by atoms with E-state index in [1.54, 1.807) is 25.3 Å². The van der Waals surface area contributed by atoms with Crippen molar-refractivity contribution in [2.75, 3.05) is 13.7 Å². The highest BCUT2D eigenvalue weighted by Gasteiger charge is 2.07. The molecule has 0 spiro atoms. The molecule has 1 amide bonds. The maximum atomic E-state index is 13.4. The van der Waals surface area contributed by atoms with Crippen molar-refractivity contribution in [2.45, 2.75) is 6.54 Å². The van der Waals surface area contributed by atoms with Gasteiger partial charge >= 0.3 is 5.97 Å². The van der Waals surface area contributed by atoms with Gasteiger partial charge in [-0.25, -0.2) is 9.18 Å². The Hall–Kier alpha value is -3.15. The summed E-state index contributed by atoms with van der Waals surface area (Å²) in [5, 5.41) is 2.63. The highest BCUT2D eigenvalue weighted by atomic mass is 19.1. The van der Waals surface area contributed by atoms with E-state index in [-0.39, 0.29) is 12.1 Å². The van der Waals surface area contributed by atoms with E-state index in [1.807, 2.05) is 18.2 Å². The molecule has 0 saturated heterocycles. The SMILES string of the molecule is COc1ccccc1CNC(=O)COC(=O)/C=C/c1ccccc1F. The summed E-state index contributed by atoms with van der Waals surface area (Å²) in [5.74, 6) is -0.956. The molecular formula is C19H18FNO4. The third kappa shape index (κ3) is 5.76. The van der Waals surface area contributed by atoms with Crippen LogP contribution >= 0.6 is 0 Å². The van der Waals surface area contributed by atoms with Crippen LogP contribution in [0.5, 0.6) is 5.75 Å². The number of hydrogen-bond acceptors (Lipinski definition) is 4. The number of methoxy groups -OCH3 is 1. The van der Waals surface area contributed by atoms with Gasteiger partial charge < -0.3 is 14.8 Å². The minimum absolute atomic E-state index is 0.255. The number of benzene rings is 2. The van der Waals surface area contributed by atoms with Crippen molar-refractivity contribution in [3.63, 3.8) is 0 Å². The molecule has 2 aromatic rings. The lowest BCUT2D eigenvalue weighted by Crippen LogP contribution is -2.28. The van der Waals surface area contributed by atoms with E-state index in [9.17, 15) is 14.0 Å². The van der Waals surface area contributed by atoms with Crippen molar-refractivity contribution >= 4 is 18.0 Å². The molecule has 1 N–H and O–H groups in total. The lowest BCUT2D eigenvalue weighted by atomic mass is 10.2. The monoisotopic (exact) mass is 343 g/mol. The van der Waals surface area contributed by atoms with E-state index < -0.39 is 24.3 Å². The molecule has 0 bridgehead atoms. The standard InChI is InChI=1S/C19H18FNO4/c1-24-17-9-5-3-7-15(17)12-21-18(22)13-25-19(23)11-10-14-6-2-4-8-16(14)20/h2-11H,12-13H2,1H3,(H,21,22)/b11-10+. The molecule has 0 heterocycles. The maximum Gasteiger partial charge on any atom is 0.331 e. The van der Waals surface area contributed by atoms with Gasteiger partial charge in [0.05, 0.1) is 7.11 Å². The second kappa shape index (κ2) is 9.22. The predicted octanol–water partition coefficient (Wildman–Crippen LogP) is 2.71. The van der Waals surface area contributed by atoms with Crippen molar-refractivity contribution in [3.05, 3.63) is 71.6 Å². The third-order valence-electron chi connectivity index (χ3n) is 3.32. The predicted molar refractivity (Wildman–Crippen MR) is 91.2 cm³/mol. The number of hydrogen-bond donors (Lipinski definition) is 1. The molecule has 130 valence electrons. The molecule has 5 nitrogen and oxygen atoms in total. The van der Waals surface area contributed by atoms with Gasteiger partial charge in [0.1, 0.15) is 11.6 Å². The molecule has 0 radical (unpaired) electrons. The van der Waals surface area contributed by atoms with Crippen LogP contribution in [0.4, 0.5) is 4.39 Å². The minimum atomic E-state index is -0.726. The number of carbonyl (C=O) groups is 2. The van der Waals surface area contributed by atoms with E-state index in [2.05, 4.69) is 5.32 Å². The largest absolute Gasteiger partial charge is 0.496 e. The molecule has 6 heteroatoms. The van der Waals surface area contributed by atoms with Crippen LogP contribution in [-0.4, -0.2) is 25.6 Å². The van der Waals surface area contributed by atoms with Gasteiger partial charge in [-0.2, -0.15) is 0 Å². The molecule has 0 atom stereocenters. The summed E-state index contributed by atoms with van der Waals surface area (Å²) in [6.45, 7) is -0.166. The zero-order chi connectivity index (χ0) is 18.1. The molecule has 0 aliphatic carbocycles. The smallest absolute Gasteiger partial charge is 0.331 e. The Balaban J connectivity index is 1.78. The van der Waals surface area contributed by atoms with E-state index in [4.69, 9.17) is 9.47 Å². The zero-order valence-electron chi connectivity index (χ0n) is 13.7. The van der Waals surface area contributed by atoms with Crippen LogP contribution in [0.15, 0.2) is 54.6 Å². The molecule has 0 aromatic heterocycles. The van der Waals surface area contributed by atoms with E-state index in [1.165, 1.54) is 18.2 Å². The first kappa shape index (κ1) is 18.2. The summed E-state index contributed by atoms with van der Waals surface area (Å²) >= 11 is 0. The maximum absolute atomic E-state index is 13.4. The van der Waals surface area contributed by atoms with Crippen LogP contribution in [-0.2, 0) is 20.9 Å². The average molecular weight is 343 g/mol. The van der Waals surface area contributed by atoms with Crippen molar-refractivity contribution in [1.82, 2.24) is 5.32 Å². The van der Waals surface area contributed by atoms with Gasteiger partial charge in [-0.05, 0) is 18.2 Å². The lowest BCUT2D eigenvalue weighted by Gasteiger charge is -2.09. The molecule has 0 fully saturated rings. The number of ether oxygens (including phenoxy) is 2. The zero-order valence-corrected chi connectivity index (χ0v) is 13.7. The van der Waals surface area contributed by atoms with Crippen LogP contribution in [0.25, 0.3) is 6.08 Å². The number of halogens is 1. The topological polar surface area (TPSA) is 64.6 Å².